The van der Waals surface area contributed by atoms with E-state index < -0.39 is 0 Å². The minimum absolute atomic E-state index is 0. The Kier molecular flexibility index (Phi) is 8.50. The fraction of sp³-hybridized carbons (Fsp3) is 0.591. The van der Waals surface area contributed by atoms with Gasteiger partial charge in [-0.1, -0.05) is 39.0 Å². The van der Waals surface area contributed by atoms with Crippen molar-refractivity contribution in [1.82, 2.24) is 4.98 Å². The van der Waals surface area contributed by atoms with Gasteiger partial charge >= 0.3 is 0 Å². The van der Waals surface area contributed by atoms with E-state index in [4.69, 9.17) is 9.72 Å². The molecule has 3 nitrogen and oxygen atoms in total. The topological polar surface area (TPSA) is 34.2 Å². The number of pyridine rings is 1. The second-order valence-electron chi connectivity index (χ2n) is 7.20. The van der Waals surface area contributed by atoms with Gasteiger partial charge in [0.05, 0.1) is 12.6 Å². The van der Waals surface area contributed by atoms with Gasteiger partial charge in [0.15, 0.2) is 0 Å². The lowest BCUT2D eigenvalue weighted by molar-refractivity contribution is 0.415. The molecule has 0 bridgehead atoms. The highest BCUT2D eigenvalue weighted by atomic mass is 35.5. The molecule has 144 valence electrons. The second-order valence-corrected chi connectivity index (χ2v) is 7.20. The number of nitrogens with zero attached hydrogens (tertiary/aromatic N) is 1. The quantitative estimate of drug-likeness (QED) is 0.520. The van der Waals surface area contributed by atoms with Crippen molar-refractivity contribution in [3.63, 3.8) is 0 Å². The Morgan fingerprint density at radius 2 is 1.81 bits per heavy atom. The Labute approximate surface area is 164 Å². The summed E-state index contributed by atoms with van der Waals surface area (Å²) in [6.45, 7) is 3.32. The van der Waals surface area contributed by atoms with Crippen LogP contribution in [-0.2, 0) is 12.8 Å². The number of methoxy groups -OCH3 is 1. The molecule has 26 heavy (non-hydrogen) atoms. The van der Waals surface area contributed by atoms with Crippen molar-refractivity contribution >= 4 is 29.0 Å². The van der Waals surface area contributed by atoms with Crippen LogP contribution < -0.4 is 10.1 Å². The van der Waals surface area contributed by atoms with Crippen LogP contribution in [0.3, 0.4) is 0 Å². The van der Waals surface area contributed by atoms with Crippen molar-refractivity contribution in [3.8, 4) is 5.75 Å². The SMILES string of the molecule is CCCCCCCCNc1c2c(nc3ccc(OC)cc13)CCCC2.Cl. The van der Waals surface area contributed by atoms with Crippen LogP contribution in [0.25, 0.3) is 10.9 Å². The first kappa shape index (κ1) is 20.8. The average Bonchev–Trinajstić information content (AvgIpc) is 2.66. The van der Waals surface area contributed by atoms with Gasteiger partial charge < -0.3 is 10.1 Å². The van der Waals surface area contributed by atoms with E-state index in [1.807, 2.05) is 6.07 Å². The van der Waals surface area contributed by atoms with Crippen LogP contribution in [0, 0.1) is 0 Å². The molecule has 1 aromatic heterocycles. The number of halogens is 1. The molecule has 0 aliphatic heterocycles. The molecule has 4 heteroatoms. The van der Waals surface area contributed by atoms with Gasteiger partial charge in [-0.05, 0) is 55.9 Å². The highest BCUT2D eigenvalue weighted by Crippen LogP contribution is 2.35. The Morgan fingerprint density at radius 1 is 1.04 bits per heavy atom. The van der Waals surface area contributed by atoms with E-state index in [-0.39, 0.29) is 12.4 Å². The van der Waals surface area contributed by atoms with E-state index >= 15 is 0 Å². The van der Waals surface area contributed by atoms with Gasteiger partial charge in [-0.25, -0.2) is 0 Å². The molecule has 1 aromatic carbocycles. The second kappa shape index (κ2) is 10.6. The Morgan fingerprint density at radius 3 is 2.62 bits per heavy atom. The molecular weight excluding hydrogens is 344 g/mol. The predicted molar refractivity (Wildman–Crippen MR) is 114 cm³/mol. The minimum Gasteiger partial charge on any atom is -0.497 e. The van der Waals surface area contributed by atoms with Crippen LogP contribution in [0.15, 0.2) is 18.2 Å². The maximum atomic E-state index is 5.45. The molecule has 1 N–H and O–H groups in total. The number of aryl methyl sites for hydroxylation is 1. The van der Waals surface area contributed by atoms with Gasteiger partial charge in [-0.15, -0.1) is 12.4 Å². The van der Waals surface area contributed by atoms with Gasteiger partial charge in [0.2, 0.25) is 0 Å². The maximum absolute atomic E-state index is 5.45. The van der Waals surface area contributed by atoms with E-state index in [0.717, 1.165) is 30.7 Å². The van der Waals surface area contributed by atoms with E-state index in [1.165, 1.54) is 73.7 Å². The van der Waals surface area contributed by atoms with Gasteiger partial charge in [-0.2, -0.15) is 0 Å². The number of unbranched alkanes of at least 4 members (excludes halogenated alkanes) is 5. The highest BCUT2D eigenvalue weighted by molar-refractivity contribution is 5.94. The third-order valence-electron chi connectivity index (χ3n) is 5.30. The number of hydrogen-bond acceptors (Lipinski definition) is 3. The predicted octanol–water partition coefficient (Wildman–Crippen LogP) is 6.32. The molecule has 3 rings (SSSR count). The van der Waals surface area contributed by atoms with Crippen molar-refractivity contribution in [1.29, 1.82) is 0 Å². The molecule has 0 fully saturated rings. The Balaban J connectivity index is 0.00000243. The largest absolute Gasteiger partial charge is 0.497 e. The van der Waals surface area contributed by atoms with E-state index in [0.29, 0.717) is 0 Å². The number of aromatic nitrogens is 1. The third kappa shape index (κ3) is 5.03. The zero-order chi connectivity index (χ0) is 17.5. The zero-order valence-electron chi connectivity index (χ0n) is 16.3. The van der Waals surface area contributed by atoms with Crippen molar-refractivity contribution < 1.29 is 4.74 Å². The van der Waals surface area contributed by atoms with Crippen LogP contribution in [-0.4, -0.2) is 18.6 Å². The van der Waals surface area contributed by atoms with Crippen LogP contribution >= 0.6 is 12.4 Å². The first-order chi connectivity index (χ1) is 12.3. The number of nitrogens with one attached hydrogen (secondary N) is 1. The number of ether oxygens (including phenoxy) is 1. The van der Waals surface area contributed by atoms with Crippen LogP contribution in [0.5, 0.6) is 5.75 Å². The highest BCUT2D eigenvalue weighted by Gasteiger charge is 2.18. The lowest BCUT2D eigenvalue weighted by Crippen LogP contribution is -2.12. The number of rotatable bonds is 9. The fourth-order valence-corrected chi connectivity index (χ4v) is 3.85. The number of benzene rings is 1. The fourth-order valence-electron chi connectivity index (χ4n) is 3.85. The third-order valence-corrected chi connectivity index (χ3v) is 5.30. The van der Waals surface area contributed by atoms with E-state index in [1.54, 1.807) is 7.11 Å². The number of anilines is 1. The molecule has 0 unspecified atom stereocenters. The summed E-state index contributed by atoms with van der Waals surface area (Å²) in [5.74, 6) is 0.910. The summed E-state index contributed by atoms with van der Waals surface area (Å²) in [6.07, 6.45) is 12.8. The molecular formula is C22H33ClN2O. The summed E-state index contributed by atoms with van der Waals surface area (Å²) in [5, 5.41) is 4.98. The van der Waals surface area contributed by atoms with Crippen molar-refractivity contribution in [2.24, 2.45) is 0 Å². The molecule has 0 saturated heterocycles. The smallest absolute Gasteiger partial charge is 0.119 e. The number of hydrogen-bond donors (Lipinski definition) is 1. The molecule has 1 aliphatic carbocycles. The molecule has 0 radical (unpaired) electrons. The Hall–Kier alpha value is -1.48. The summed E-state index contributed by atoms with van der Waals surface area (Å²) in [6, 6.07) is 6.25. The Bertz CT molecular complexity index is 702. The summed E-state index contributed by atoms with van der Waals surface area (Å²) in [4.78, 5) is 4.93. The summed E-state index contributed by atoms with van der Waals surface area (Å²) in [7, 11) is 1.73. The van der Waals surface area contributed by atoms with Gasteiger partial charge in [0.1, 0.15) is 5.75 Å². The number of fused-ring (bicyclic) bond motifs is 2. The minimum atomic E-state index is 0. The zero-order valence-corrected chi connectivity index (χ0v) is 17.1. The van der Waals surface area contributed by atoms with Gasteiger partial charge in [0.25, 0.3) is 0 Å². The molecule has 1 heterocycles. The molecule has 0 amide bonds. The lowest BCUT2D eigenvalue weighted by atomic mass is 9.92. The summed E-state index contributed by atoms with van der Waals surface area (Å²) >= 11 is 0. The molecule has 1 aliphatic rings. The van der Waals surface area contributed by atoms with Crippen molar-refractivity contribution in [2.45, 2.75) is 71.1 Å². The lowest BCUT2D eigenvalue weighted by Gasteiger charge is -2.22. The maximum Gasteiger partial charge on any atom is 0.119 e. The standard InChI is InChI=1S/C22H32N2O.ClH/c1-3-4-5-6-7-10-15-23-22-18-11-8-9-12-20(18)24-21-14-13-17(25-2)16-19(21)22;/h13-14,16H,3-12,15H2,1-2H3,(H,23,24);1H. The van der Waals surface area contributed by atoms with Crippen molar-refractivity contribution in [3.05, 3.63) is 29.5 Å². The summed E-state index contributed by atoms with van der Waals surface area (Å²) < 4.78 is 5.45. The van der Waals surface area contributed by atoms with E-state index in [2.05, 4.69) is 24.4 Å². The van der Waals surface area contributed by atoms with Crippen LogP contribution in [0.4, 0.5) is 5.69 Å². The summed E-state index contributed by atoms with van der Waals surface area (Å²) in [5.41, 5.74) is 5.14. The average molecular weight is 377 g/mol. The van der Waals surface area contributed by atoms with Crippen LogP contribution in [0.1, 0.15) is 69.5 Å². The van der Waals surface area contributed by atoms with Gasteiger partial charge in [-0.3, -0.25) is 4.98 Å². The molecule has 0 atom stereocenters. The monoisotopic (exact) mass is 376 g/mol. The van der Waals surface area contributed by atoms with Crippen molar-refractivity contribution in [2.75, 3.05) is 19.0 Å². The normalized spacial score (nSPS) is 13.2. The molecule has 0 spiro atoms. The van der Waals surface area contributed by atoms with Crippen LogP contribution in [0.2, 0.25) is 0 Å². The molecule has 2 aromatic rings. The first-order valence-electron chi connectivity index (χ1n) is 10.1. The van der Waals surface area contributed by atoms with Gasteiger partial charge in [0, 0.05) is 23.3 Å². The molecule has 0 saturated carbocycles. The van der Waals surface area contributed by atoms with E-state index in [9.17, 15) is 0 Å². The first-order valence-corrected chi connectivity index (χ1v) is 10.1.